The van der Waals surface area contributed by atoms with Crippen molar-refractivity contribution < 1.29 is 4.74 Å². The van der Waals surface area contributed by atoms with Gasteiger partial charge in [-0.1, -0.05) is 0 Å². The zero-order chi connectivity index (χ0) is 4.85. The number of hydrogen-bond donors (Lipinski definition) is 1. The van der Waals surface area contributed by atoms with Crippen molar-refractivity contribution >= 4 is 0 Å². The van der Waals surface area contributed by atoms with Gasteiger partial charge >= 0.3 is 0 Å². The lowest BCUT2D eigenvalue weighted by molar-refractivity contribution is 0.150. The molecule has 0 aromatic rings. The summed E-state index contributed by atoms with van der Waals surface area (Å²) in [4.78, 5) is 0. The van der Waals surface area contributed by atoms with E-state index < -0.39 is 0 Å². The van der Waals surface area contributed by atoms with E-state index >= 15 is 0 Å². The van der Waals surface area contributed by atoms with Crippen molar-refractivity contribution in [2.24, 2.45) is 11.7 Å². The first-order valence-corrected chi connectivity index (χ1v) is 2.75. The van der Waals surface area contributed by atoms with E-state index in [-0.39, 0.29) is 0 Å². The van der Waals surface area contributed by atoms with E-state index in [1.54, 1.807) is 0 Å². The van der Waals surface area contributed by atoms with Crippen molar-refractivity contribution in [1.82, 2.24) is 0 Å². The van der Waals surface area contributed by atoms with Crippen molar-refractivity contribution in [3.63, 3.8) is 0 Å². The third-order valence-electron chi connectivity index (χ3n) is 1.83. The second kappa shape index (κ2) is 1.01. The van der Waals surface area contributed by atoms with Crippen LogP contribution in [0.1, 0.15) is 6.42 Å². The van der Waals surface area contributed by atoms with Gasteiger partial charge < -0.3 is 10.5 Å². The lowest BCUT2D eigenvalue weighted by Gasteiger charge is -1.98. The van der Waals surface area contributed by atoms with Crippen LogP contribution in [0, 0.1) is 5.92 Å². The Hall–Kier alpha value is -0.0800. The first-order chi connectivity index (χ1) is 3.38. The van der Waals surface area contributed by atoms with Gasteiger partial charge in [-0.2, -0.15) is 0 Å². The molecule has 1 aliphatic carbocycles. The van der Waals surface area contributed by atoms with E-state index in [0.717, 1.165) is 12.5 Å². The number of fused-ring (bicyclic) bond motifs is 1. The monoisotopic (exact) mass is 99.1 g/mol. The molecule has 7 heavy (non-hydrogen) atoms. The molecule has 0 radical (unpaired) electrons. The zero-order valence-electron chi connectivity index (χ0n) is 4.13. The van der Waals surface area contributed by atoms with Gasteiger partial charge in [-0.15, -0.1) is 0 Å². The fourth-order valence-corrected chi connectivity index (χ4v) is 1.19. The third-order valence-corrected chi connectivity index (χ3v) is 1.83. The maximum absolute atomic E-state index is 5.59. The Labute approximate surface area is 42.6 Å². The molecule has 2 rings (SSSR count). The molecule has 2 heteroatoms. The van der Waals surface area contributed by atoms with Crippen LogP contribution in [0.15, 0.2) is 0 Å². The van der Waals surface area contributed by atoms with Crippen LogP contribution in [-0.2, 0) is 4.74 Å². The number of nitrogens with two attached hydrogens (primary N) is 1. The first kappa shape index (κ1) is 3.87. The Balaban J connectivity index is 2.08. The fraction of sp³-hybridized carbons (Fsp3) is 1.00. The number of ether oxygens (including phenoxy) is 1. The Morgan fingerprint density at radius 3 is 2.57 bits per heavy atom. The second-order valence-corrected chi connectivity index (χ2v) is 2.44. The molecular formula is C5H9NO. The van der Waals surface area contributed by atoms with Gasteiger partial charge in [0.05, 0.1) is 12.7 Å². The maximum atomic E-state index is 5.59. The van der Waals surface area contributed by atoms with Crippen LogP contribution in [0.5, 0.6) is 0 Å². The van der Waals surface area contributed by atoms with Gasteiger partial charge in [0.25, 0.3) is 0 Å². The van der Waals surface area contributed by atoms with Crippen LogP contribution >= 0.6 is 0 Å². The molecule has 0 bridgehead atoms. The smallest absolute Gasteiger partial charge is 0.0625 e. The molecule has 2 aliphatic rings. The highest BCUT2D eigenvalue weighted by atomic mass is 16.5. The summed E-state index contributed by atoms with van der Waals surface area (Å²) in [6, 6.07) is 0.366. The van der Waals surface area contributed by atoms with Crippen LogP contribution in [0.25, 0.3) is 0 Å². The molecule has 40 valence electrons. The molecule has 2 N–H and O–H groups in total. The molecule has 1 heterocycles. The topological polar surface area (TPSA) is 35.2 Å². The van der Waals surface area contributed by atoms with Gasteiger partial charge in [0.2, 0.25) is 0 Å². The van der Waals surface area contributed by atoms with E-state index in [1.807, 2.05) is 0 Å². The SMILES string of the molecule is NC1COC2CC12. The molecule has 2 nitrogen and oxygen atoms in total. The standard InChI is InChI=1S/C5H9NO/c6-4-2-7-5-1-3(4)5/h3-5H,1-2,6H2. The molecule has 0 amide bonds. The molecule has 1 aliphatic heterocycles. The minimum atomic E-state index is 0.366. The Kier molecular flexibility index (Phi) is 0.557. The van der Waals surface area contributed by atoms with Crippen LogP contribution in [0.2, 0.25) is 0 Å². The predicted molar refractivity (Wildman–Crippen MR) is 25.8 cm³/mol. The van der Waals surface area contributed by atoms with Crippen molar-refractivity contribution in [2.45, 2.75) is 18.6 Å². The molecule has 0 spiro atoms. The third kappa shape index (κ3) is 0.409. The maximum Gasteiger partial charge on any atom is 0.0625 e. The summed E-state index contributed by atoms with van der Waals surface area (Å²) in [5.41, 5.74) is 5.59. The highest BCUT2D eigenvalue weighted by molar-refractivity contribution is 4.99. The Bertz CT molecular complexity index is 94.1. The summed E-state index contributed by atoms with van der Waals surface area (Å²) >= 11 is 0. The van der Waals surface area contributed by atoms with Crippen LogP contribution < -0.4 is 5.73 Å². The first-order valence-electron chi connectivity index (χ1n) is 2.75. The molecule has 0 aromatic carbocycles. The van der Waals surface area contributed by atoms with Crippen molar-refractivity contribution in [3.8, 4) is 0 Å². The molecule has 2 fully saturated rings. The van der Waals surface area contributed by atoms with E-state index in [9.17, 15) is 0 Å². The lowest BCUT2D eigenvalue weighted by Crippen LogP contribution is -2.23. The van der Waals surface area contributed by atoms with Gasteiger partial charge in [-0.25, -0.2) is 0 Å². The van der Waals surface area contributed by atoms with Crippen molar-refractivity contribution in [1.29, 1.82) is 0 Å². The van der Waals surface area contributed by atoms with Crippen LogP contribution in [0.4, 0.5) is 0 Å². The van der Waals surface area contributed by atoms with E-state index in [0.29, 0.717) is 12.1 Å². The molecular weight excluding hydrogens is 90.1 g/mol. The van der Waals surface area contributed by atoms with Crippen LogP contribution in [0.3, 0.4) is 0 Å². The predicted octanol–water partition coefficient (Wildman–Crippen LogP) is -0.268. The number of hydrogen-bond acceptors (Lipinski definition) is 2. The zero-order valence-corrected chi connectivity index (χ0v) is 4.13. The van der Waals surface area contributed by atoms with Gasteiger partial charge in [-0.3, -0.25) is 0 Å². The highest BCUT2D eigenvalue weighted by Crippen LogP contribution is 2.41. The highest BCUT2D eigenvalue weighted by Gasteiger charge is 2.48. The fourth-order valence-electron chi connectivity index (χ4n) is 1.19. The summed E-state index contributed by atoms with van der Waals surface area (Å²) in [6.07, 6.45) is 1.79. The Morgan fingerprint density at radius 2 is 2.43 bits per heavy atom. The van der Waals surface area contributed by atoms with E-state index in [2.05, 4.69) is 0 Å². The van der Waals surface area contributed by atoms with Crippen molar-refractivity contribution in [3.05, 3.63) is 0 Å². The van der Waals surface area contributed by atoms with Crippen LogP contribution in [-0.4, -0.2) is 18.8 Å². The quantitative estimate of drug-likeness (QED) is 0.454. The van der Waals surface area contributed by atoms with Gasteiger partial charge in [0.1, 0.15) is 0 Å². The summed E-state index contributed by atoms with van der Waals surface area (Å²) in [6.45, 7) is 0.801. The van der Waals surface area contributed by atoms with Crippen molar-refractivity contribution in [2.75, 3.05) is 6.61 Å². The van der Waals surface area contributed by atoms with E-state index in [1.165, 1.54) is 6.42 Å². The summed E-state index contributed by atoms with van der Waals surface area (Å²) in [5.74, 6) is 0.736. The Morgan fingerprint density at radius 1 is 1.57 bits per heavy atom. The van der Waals surface area contributed by atoms with Gasteiger partial charge in [-0.05, 0) is 6.42 Å². The molecule has 1 saturated carbocycles. The minimum Gasteiger partial charge on any atom is -0.376 e. The lowest BCUT2D eigenvalue weighted by atomic mass is 10.2. The van der Waals surface area contributed by atoms with E-state index in [4.69, 9.17) is 10.5 Å². The summed E-state index contributed by atoms with van der Waals surface area (Å²) in [5, 5.41) is 0. The van der Waals surface area contributed by atoms with Gasteiger partial charge in [0.15, 0.2) is 0 Å². The summed E-state index contributed by atoms with van der Waals surface area (Å²) in [7, 11) is 0. The summed E-state index contributed by atoms with van der Waals surface area (Å²) < 4.78 is 5.21. The van der Waals surface area contributed by atoms with Gasteiger partial charge in [0, 0.05) is 12.0 Å². The average Bonchev–Trinajstić information content (AvgIpc) is 2.33. The second-order valence-electron chi connectivity index (χ2n) is 2.44. The minimum absolute atomic E-state index is 0.366. The largest absolute Gasteiger partial charge is 0.376 e. The normalized spacial score (nSPS) is 57.0. The number of rotatable bonds is 0. The molecule has 3 unspecified atom stereocenters. The molecule has 3 atom stereocenters. The molecule has 0 aromatic heterocycles. The average molecular weight is 99.1 g/mol. The molecule has 1 saturated heterocycles.